The second-order valence-corrected chi connectivity index (χ2v) is 9.03. The Hall–Kier alpha value is -2.00. The number of carbonyl (C=O) groups is 2. The van der Waals surface area contributed by atoms with Crippen LogP contribution >= 0.6 is 11.3 Å². The standard InChI is InChI=1S/C20H28N2O3S/c1-13(2)22-11-7-6-8-15(18(22)23)21-16-12-14(9-10-20(3,4)5)26-17(16)19(24)25/h12-13,15,21H,6-8,11H2,1-5H3,(H,24,25). The second kappa shape index (κ2) is 8.13. The van der Waals surface area contributed by atoms with E-state index in [0.29, 0.717) is 17.0 Å². The van der Waals surface area contributed by atoms with Crippen molar-refractivity contribution in [3.63, 3.8) is 0 Å². The van der Waals surface area contributed by atoms with Gasteiger partial charge in [0.25, 0.3) is 0 Å². The van der Waals surface area contributed by atoms with E-state index in [2.05, 4.69) is 17.2 Å². The number of anilines is 1. The lowest BCUT2D eigenvalue weighted by Crippen LogP contribution is -2.45. The molecular formula is C20H28N2O3S. The normalized spacial score (nSPS) is 18.3. The highest BCUT2D eigenvalue weighted by molar-refractivity contribution is 7.15. The predicted octanol–water partition coefficient (Wildman–Crippen LogP) is 4.05. The fourth-order valence-corrected chi connectivity index (χ4v) is 3.68. The van der Waals surface area contributed by atoms with Crippen molar-refractivity contribution < 1.29 is 14.7 Å². The van der Waals surface area contributed by atoms with Gasteiger partial charge in [-0.15, -0.1) is 11.3 Å². The summed E-state index contributed by atoms with van der Waals surface area (Å²) in [4.78, 5) is 27.2. The van der Waals surface area contributed by atoms with Crippen LogP contribution in [0, 0.1) is 17.3 Å². The van der Waals surface area contributed by atoms with E-state index >= 15 is 0 Å². The quantitative estimate of drug-likeness (QED) is 0.778. The summed E-state index contributed by atoms with van der Waals surface area (Å²) in [6.07, 6.45) is 2.62. The Morgan fingerprint density at radius 3 is 2.65 bits per heavy atom. The molecule has 0 aliphatic carbocycles. The molecule has 0 radical (unpaired) electrons. The van der Waals surface area contributed by atoms with Crippen LogP contribution in [0.25, 0.3) is 0 Å². The Balaban J connectivity index is 2.29. The van der Waals surface area contributed by atoms with E-state index in [-0.39, 0.29) is 22.2 Å². The van der Waals surface area contributed by atoms with Crippen LogP contribution in [0.5, 0.6) is 0 Å². The maximum Gasteiger partial charge on any atom is 0.348 e. The number of carboxylic acids is 1. The summed E-state index contributed by atoms with van der Waals surface area (Å²) in [5.41, 5.74) is 0.334. The van der Waals surface area contributed by atoms with Crippen LogP contribution in [0.2, 0.25) is 0 Å². The molecule has 0 saturated carbocycles. The van der Waals surface area contributed by atoms with Gasteiger partial charge in [-0.2, -0.15) is 0 Å². The number of nitrogens with one attached hydrogen (secondary N) is 1. The Morgan fingerprint density at radius 2 is 2.08 bits per heavy atom. The zero-order valence-electron chi connectivity index (χ0n) is 16.2. The number of carbonyl (C=O) groups excluding carboxylic acids is 1. The van der Waals surface area contributed by atoms with Crippen LogP contribution in [-0.4, -0.2) is 40.5 Å². The van der Waals surface area contributed by atoms with Crippen LogP contribution in [0.15, 0.2) is 6.07 Å². The zero-order chi connectivity index (χ0) is 19.5. The summed E-state index contributed by atoms with van der Waals surface area (Å²) in [7, 11) is 0. The molecule has 1 aliphatic rings. The van der Waals surface area contributed by atoms with E-state index in [1.807, 2.05) is 39.5 Å². The van der Waals surface area contributed by atoms with E-state index in [0.717, 1.165) is 30.7 Å². The lowest BCUT2D eigenvalue weighted by Gasteiger charge is -2.28. The van der Waals surface area contributed by atoms with Gasteiger partial charge in [0.15, 0.2) is 0 Å². The zero-order valence-corrected chi connectivity index (χ0v) is 17.0. The maximum absolute atomic E-state index is 12.8. The van der Waals surface area contributed by atoms with Crippen LogP contribution in [0.4, 0.5) is 5.69 Å². The van der Waals surface area contributed by atoms with Gasteiger partial charge in [-0.05, 0) is 59.9 Å². The van der Waals surface area contributed by atoms with Gasteiger partial charge in [-0.25, -0.2) is 4.79 Å². The number of amides is 1. The topological polar surface area (TPSA) is 69.6 Å². The number of carboxylic acid groups (broad SMARTS) is 1. The third-order valence-electron chi connectivity index (χ3n) is 4.16. The fourth-order valence-electron chi connectivity index (χ4n) is 2.87. The van der Waals surface area contributed by atoms with Crippen LogP contribution in [0.3, 0.4) is 0 Å². The van der Waals surface area contributed by atoms with Gasteiger partial charge < -0.3 is 15.3 Å². The molecule has 0 spiro atoms. The minimum absolute atomic E-state index is 0.0439. The molecule has 1 aliphatic heterocycles. The van der Waals surface area contributed by atoms with Crippen molar-refractivity contribution in [1.29, 1.82) is 0 Å². The number of hydrogen-bond donors (Lipinski definition) is 2. The summed E-state index contributed by atoms with van der Waals surface area (Å²) in [6, 6.07) is 1.50. The van der Waals surface area contributed by atoms with Gasteiger partial charge in [0.1, 0.15) is 10.9 Å². The molecule has 2 N–H and O–H groups in total. The number of nitrogens with zero attached hydrogens (tertiary/aromatic N) is 1. The van der Waals surface area contributed by atoms with Gasteiger partial charge in [0, 0.05) is 18.0 Å². The number of thiophene rings is 1. The molecule has 2 rings (SSSR count). The molecule has 142 valence electrons. The first-order valence-corrected chi connectivity index (χ1v) is 9.87. The number of hydrogen-bond acceptors (Lipinski definition) is 4. The van der Waals surface area contributed by atoms with Crippen molar-refractivity contribution in [2.75, 3.05) is 11.9 Å². The number of likely N-dealkylation sites (tertiary alicyclic amines) is 1. The Kier molecular flexibility index (Phi) is 6.35. The molecule has 26 heavy (non-hydrogen) atoms. The van der Waals surface area contributed by atoms with Gasteiger partial charge >= 0.3 is 5.97 Å². The molecule has 1 amide bonds. The highest BCUT2D eigenvalue weighted by Gasteiger charge is 2.29. The molecule has 1 fully saturated rings. The van der Waals surface area contributed by atoms with Crippen molar-refractivity contribution in [1.82, 2.24) is 4.90 Å². The summed E-state index contributed by atoms with van der Waals surface area (Å²) < 4.78 is 0. The first kappa shape index (κ1) is 20.3. The lowest BCUT2D eigenvalue weighted by atomic mass is 9.98. The molecule has 1 aromatic heterocycles. The minimum atomic E-state index is -0.997. The second-order valence-electron chi connectivity index (χ2n) is 7.98. The SMILES string of the molecule is CC(C)N1CCCCC(Nc2cc(C#CC(C)(C)C)sc2C(=O)O)C1=O. The van der Waals surface area contributed by atoms with Gasteiger partial charge in [0.2, 0.25) is 5.91 Å². The highest BCUT2D eigenvalue weighted by atomic mass is 32.1. The van der Waals surface area contributed by atoms with Crippen LogP contribution in [0.1, 0.15) is 68.4 Å². The maximum atomic E-state index is 12.8. The summed E-state index contributed by atoms with van der Waals surface area (Å²) in [5, 5.41) is 12.7. The summed E-state index contributed by atoms with van der Waals surface area (Å²) in [5.74, 6) is 5.23. The molecule has 1 saturated heterocycles. The predicted molar refractivity (Wildman–Crippen MR) is 106 cm³/mol. The van der Waals surface area contributed by atoms with Crippen molar-refractivity contribution in [3.8, 4) is 11.8 Å². The molecule has 0 bridgehead atoms. The molecule has 1 unspecified atom stereocenters. The van der Waals surface area contributed by atoms with E-state index in [1.165, 1.54) is 0 Å². The largest absolute Gasteiger partial charge is 0.477 e. The third kappa shape index (κ3) is 5.25. The minimum Gasteiger partial charge on any atom is -0.477 e. The van der Waals surface area contributed by atoms with Crippen molar-refractivity contribution in [2.24, 2.45) is 5.41 Å². The van der Waals surface area contributed by atoms with E-state index in [9.17, 15) is 14.7 Å². The first-order valence-electron chi connectivity index (χ1n) is 9.06. The molecule has 5 nitrogen and oxygen atoms in total. The molecule has 1 aromatic rings. The smallest absolute Gasteiger partial charge is 0.348 e. The van der Waals surface area contributed by atoms with Gasteiger partial charge in [0.05, 0.1) is 10.6 Å². The van der Waals surface area contributed by atoms with Crippen molar-refractivity contribution >= 4 is 28.9 Å². The molecular weight excluding hydrogens is 348 g/mol. The average molecular weight is 377 g/mol. The van der Waals surface area contributed by atoms with Crippen molar-refractivity contribution in [2.45, 2.75) is 66.0 Å². The van der Waals surface area contributed by atoms with Crippen LogP contribution in [-0.2, 0) is 4.79 Å². The lowest BCUT2D eigenvalue weighted by molar-refractivity contribution is -0.133. The number of aromatic carboxylic acids is 1. The van der Waals surface area contributed by atoms with Gasteiger partial charge in [-0.1, -0.05) is 11.8 Å². The molecule has 2 heterocycles. The fraction of sp³-hybridized carbons (Fsp3) is 0.600. The summed E-state index contributed by atoms with van der Waals surface area (Å²) >= 11 is 1.15. The molecule has 6 heteroatoms. The van der Waals surface area contributed by atoms with Crippen LogP contribution < -0.4 is 5.32 Å². The van der Waals surface area contributed by atoms with Gasteiger partial charge in [-0.3, -0.25) is 4.79 Å². The third-order valence-corrected chi connectivity index (χ3v) is 5.20. The Labute approximate surface area is 159 Å². The Bertz CT molecular complexity index is 734. The highest BCUT2D eigenvalue weighted by Crippen LogP contribution is 2.29. The molecule has 1 atom stereocenters. The monoisotopic (exact) mass is 376 g/mol. The first-order chi connectivity index (χ1) is 12.1. The molecule has 0 aromatic carbocycles. The van der Waals surface area contributed by atoms with E-state index in [1.54, 1.807) is 6.07 Å². The number of rotatable bonds is 4. The Morgan fingerprint density at radius 1 is 1.38 bits per heavy atom. The van der Waals surface area contributed by atoms with Crippen molar-refractivity contribution in [3.05, 3.63) is 15.8 Å². The summed E-state index contributed by atoms with van der Waals surface area (Å²) in [6.45, 7) is 10.8. The van der Waals surface area contributed by atoms with E-state index in [4.69, 9.17) is 0 Å². The average Bonchev–Trinajstić information content (AvgIpc) is 2.84. The van der Waals surface area contributed by atoms with E-state index < -0.39 is 12.0 Å².